The molecule has 3 aromatic rings. The number of amides is 2. The van der Waals surface area contributed by atoms with Crippen molar-refractivity contribution < 1.29 is 18.9 Å². The molecule has 0 aliphatic carbocycles. The van der Waals surface area contributed by atoms with Crippen LogP contribution in [-0.4, -0.2) is 23.0 Å². The molecule has 0 bridgehead atoms. The van der Waals surface area contributed by atoms with Gasteiger partial charge in [-0.3, -0.25) is 19.7 Å². The predicted octanol–water partition coefficient (Wildman–Crippen LogP) is 3.75. The normalized spacial score (nSPS) is 10.6. The first-order chi connectivity index (χ1) is 14.4. The van der Waals surface area contributed by atoms with Crippen molar-refractivity contribution in [3.8, 4) is 0 Å². The number of non-ortho nitro benzene ring substituents is 1. The summed E-state index contributed by atoms with van der Waals surface area (Å²) in [6, 6.07) is 16.9. The van der Waals surface area contributed by atoms with Crippen LogP contribution in [0.4, 0.5) is 15.8 Å². The van der Waals surface area contributed by atoms with Crippen LogP contribution in [0, 0.1) is 15.9 Å². The van der Waals surface area contributed by atoms with Crippen molar-refractivity contribution in [2.75, 3.05) is 5.32 Å². The highest BCUT2D eigenvalue weighted by Gasteiger charge is 2.10. The van der Waals surface area contributed by atoms with Crippen LogP contribution in [0.15, 0.2) is 77.9 Å². The zero-order valence-electron chi connectivity index (χ0n) is 15.4. The Bertz CT molecular complexity index is 1100. The number of benzene rings is 3. The second-order valence-corrected chi connectivity index (χ2v) is 6.09. The number of carbonyl (C=O) groups excluding carboxylic acids is 2. The average Bonchev–Trinajstić information content (AvgIpc) is 2.75. The lowest BCUT2D eigenvalue weighted by atomic mass is 10.1. The molecule has 0 fully saturated rings. The van der Waals surface area contributed by atoms with Gasteiger partial charge in [0, 0.05) is 28.9 Å². The summed E-state index contributed by atoms with van der Waals surface area (Å²) < 4.78 is 12.8. The van der Waals surface area contributed by atoms with E-state index >= 15 is 0 Å². The summed E-state index contributed by atoms with van der Waals surface area (Å²) in [7, 11) is 0. The summed E-state index contributed by atoms with van der Waals surface area (Å²) in [4.78, 5) is 34.4. The van der Waals surface area contributed by atoms with Gasteiger partial charge in [-0.2, -0.15) is 5.10 Å². The van der Waals surface area contributed by atoms with Gasteiger partial charge in [0.15, 0.2) is 0 Å². The molecule has 0 aliphatic heterocycles. The van der Waals surface area contributed by atoms with Crippen LogP contribution in [0.1, 0.15) is 26.3 Å². The SMILES string of the molecule is O=C(N/N=C\c1ccc(F)cc1)c1ccc(NC(=O)c2ccc([N+](=O)[O-])cc2)cc1. The van der Waals surface area contributed by atoms with Crippen LogP contribution < -0.4 is 10.7 Å². The van der Waals surface area contributed by atoms with E-state index in [1.54, 1.807) is 12.1 Å². The third kappa shape index (κ3) is 5.32. The first kappa shape index (κ1) is 20.3. The molecule has 0 spiro atoms. The van der Waals surface area contributed by atoms with Crippen molar-refractivity contribution in [2.24, 2.45) is 5.10 Å². The van der Waals surface area contributed by atoms with Crippen molar-refractivity contribution in [1.29, 1.82) is 0 Å². The maximum Gasteiger partial charge on any atom is 0.271 e. The van der Waals surface area contributed by atoms with E-state index in [1.807, 2.05) is 0 Å². The minimum absolute atomic E-state index is 0.107. The van der Waals surface area contributed by atoms with E-state index in [1.165, 1.54) is 66.9 Å². The van der Waals surface area contributed by atoms with Crippen LogP contribution in [0.3, 0.4) is 0 Å². The van der Waals surface area contributed by atoms with Crippen molar-refractivity contribution in [3.63, 3.8) is 0 Å². The lowest BCUT2D eigenvalue weighted by molar-refractivity contribution is -0.384. The van der Waals surface area contributed by atoms with E-state index in [-0.39, 0.29) is 17.1 Å². The Hall–Kier alpha value is -4.40. The number of nitro benzene ring substituents is 1. The molecule has 0 radical (unpaired) electrons. The summed E-state index contributed by atoms with van der Waals surface area (Å²) in [6.07, 6.45) is 1.39. The molecule has 0 saturated heterocycles. The lowest BCUT2D eigenvalue weighted by Gasteiger charge is -2.06. The summed E-state index contributed by atoms with van der Waals surface area (Å²) in [5.41, 5.74) is 3.90. The Morgan fingerprint density at radius 1 is 0.867 bits per heavy atom. The van der Waals surface area contributed by atoms with Crippen LogP contribution >= 0.6 is 0 Å². The minimum atomic E-state index is -0.546. The number of carbonyl (C=O) groups is 2. The molecule has 150 valence electrons. The Kier molecular flexibility index (Phi) is 6.23. The van der Waals surface area contributed by atoms with E-state index in [9.17, 15) is 24.1 Å². The van der Waals surface area contributed by atoms with Crippen molar-refractivity contribution >= 4 is 29.4 Å². The third-order valence-electron chi connectivity index (χ3n) is 3.99. The maximum absolute atomic E-state index is 12.8. The Morgan fingerprint density at radius 3 is 2.03 bits per heavy atom. The molecule has 0 heterocycles. The second-order valence-electron chi connectivity index (χ2n) is 6.09. The molecule has 0 aliphatic rings. The predicted molar refractivity (Wildman–Crippen MR) is 109 cm³/mol. The molecular weight excluding hydrogens is 391 g/mol. The maximum atomic E-state index is 12.8. The van der Waals surface area contributed by atoms with E-state index in [2.05, 4.69) is 15.8 Å². The van der Waals surface area contributed by atoms with Crippen LogP contribution in [0.5, 0.6) is 0 Å². The van der Waals surface area contributed by atoms with E-state index in [0.29, 0.717) is 16.8 Å². The Balaban J connectivity index is 1.57. The van der Waals surface area contributed by atoms with Crippen molar-refractivity contribution in [2.45, 2.75) is 0 Å². The number of nitro groups is 1. The molecule has 0 aromatic heterocycles. The summed E-state index contributed by atoms with van der Waals surface area (Å²) in [5, 5.41) is 17.1. The monoisotopic (exact) mass is 406 g/mol. The number of halogens is 1. The fourth-order valence-corrected chi connectivity index (χ4v) is 2.42. The van der Waals surface area contributed by atoms with Crippen LogP contribution in [0.2, 0.25) is 0 Å². The molecule has 3 rings (SSSR count). The minimum Gasteiger partial charge on any atom is -0.322 e. The second kappa shape index (κ2) is 9.20. The number of nitrogens with zero attached hydrogens (tertiary/aromatic N) is 2. The van der Waals surface area contributed by atoms with Gasteiger partial charge in [0.25, 0.3) is 17.5 Å². The Morgan fingerprint density at radius 2 is 1.43 bits per heavy atom. The quantitative estimate of drug-likeness (QED) is 0.369. The zero-order chi connectivity index (χ0) is 21.5. The Labute approximate surface area is 170 Å². The van der Waals surface area contributed by atoms with E-state index < -0.39 is 16.7 Å². The van der Waals surface area contributed by atoms with Gasteiger partial charge in [0.2, 0.25) is 0 Å². The number of hydrogen-bond acceptors (Lipinski definition) is 5. The number of anilines is 1. The molecule has 3 aromatic carbocycles. The number of nitrogens with one attached hydrogen (secondary N) is 2. The van der Waals surface area contributed by atoms with Gasteiger partial charge in [-0.05, 0) is 54.1 Å². The average molecular weight is 406 g/mol. The standard InChI is InChI=1S/C21H15FN4O4/c22-17-7-1-14(2-8-17)13-23-25-21(28)16-3-9-18(10-4-16)24-20(27)15-5-11-19(12-6-15)26(29)30/h1-13H,(H,24,27)(H,25,28)/b23-13-. The number of hydrazone groups is 1. The molecule has 9 heteroatoms. The highest BCUT2D eigenvalue weighted by atomic mass is 19.1. The first-order valence-electron chi connectivity index (χ1n) is 8.67. The van der Waals surface area contributed by atoms with Gasteiger partial charge in [0.1, 0.15) is 5.82 Å². The van der Waals surface area contributed by atoms with Gasteiger partial charge in [-0.15, -0.1) is 0 Å². The molecule has 0 atom stereocenters. The summed E-state index contributed by atoms with van der Waals surface area (Å²) >= 11 is 0. The molecule has 0 unspecified atom stereocenters. The van der Waals surface area contributed by atoms with E-state index in [0.717, 1.165) is 0 Å². The molecule has 30 heavy (non-hydrogen) atoms. The zero-order valence-corrected chi connectivity index (χ0v) is 15.4. The summed E-state index contributed by atoms with van der Waals surface area (Å²) in [6.45, 7) is 0. The topological polar surface area (TPSA) is 114 Å². The molecule has 0 saturated carbocycles. The lowest BCUT2D eigenvalue weighted by Crippen LogP contribution is -2.17. The largest absolute Gasteiger partial charge is 0.322 e. The summed E-state index contributed by atoms with van der Waals surface area (Å²) in [5.74, 6) is -1.26. The van der Waals surface area contributed by atoms with Crippen LogP contribution in [0.25, 0.3) is 0 Å². The highest BCUT2D eigenvalue weighted by molar-refractivity contribution is 6.04. The van der Waals surface area contributed by atoms with Crippen LogP contribution in [-0.2, 0) is 0 Å². The van der Waals surface area contributed by atoms with Gasteiger partial charge in [0.05, 0.1) is 11.1 Å². The first-order valence-corrected chi connectivity index (χ1v) is 8.67. The van der Waals surface area contributed by atoms with Gasteiger partial charge in [-0.25, -0.2) is 9.82 Å². The highest BCUT2D eigenvalue weighted by Crippen LogP contribution is 2.15. The third-order valence-corrected chi connectivity index (χ3v) is 3.99. The van der Waals surface area contributed by atoms with Crippen molar-refractivity contribution in [3.05, 3.63) is 105 Å². The van der Waals surface area contributed by atoms with Gasteiger partial charge < -0.3 is 5.32 Å². The molecular formula is C21H15FN4O4. The number of rotatable bonds is 6. The number of hydrogen-bond donors (Lipinski definition) is 2. The van der Waals surface area contributed by atoms with Crippen molar-refractivity contribution in [1.82, 2.24) is 5.43 Å². The molecule has 2 N–H and O–H groups in total. The molecule has 8 nitrogen and oxygen atoms in total. The fourth-order valence-electron chi connectivity index (χ4n) is 2.42. The molecule has 2 amide bonds. The smallest absolute Gasteiger partial charge is 0.271 e. The van der Waals surface area contributed by atoms with E-state index in [4.69, 9.17) is 0 Å². The van der Waals surface area contributed by atoms with Gasteiger partial charge in [-0.1, -0.05) is 12.1 Å². The van der Waals surface area contributed by atoms with Gasteiger partial charge >= 0.3 is 0 Å². The fraction of sp³-hybridized carbons (Fsp3) is 0.